The van der Waals surface area contributed by atoms with Crippen molar-refractivity contribution in [3.63, 3.8) is 0 Å². The third kappa shape index (κ3) is 3.95. The molecule has 1 fully saturated rings. The minimum Gasteiger partial charge on any atom is -0.495 e. The van der Waals surface area contributed by atoms with Gasteiger partial charge in [0.25, 0.3) is 0 Å². The molecule has 4 nitrogen and oxygen atoms in total. The van der Waals surface area contributed by atoms with E-state index in [0.717, 1.165) is 38.3 Å². The van der Waals surface area contributed by atoms with Gasteiger partial charge in [-0.05, 0) is 43.0 Å². The summed E-state index contributed by atoms with van der Waals surface area (Å²) in [5, 5.41) is 12.4. The molecule has 0 aliphatic carbocycles. The summed E-state index contributed by atoms with van der Waals surface area (Å²) < 4.78 is 10.5. The van der Waals surface area contributed by atoms with Gasteiger partial charge in [-0.15, -0.1) is 0 Å². The standard InChI is InChI=1S/C15H20N2O2/c1-18-15-3-2-13(8-14(15)9-16)10-17-6-4-12-5-7-19-11-12/h2-3,8,12,17H,4-7,10-11H2,1H3. The van der Waals surface area contributed by atoms with Crippen LogP contribution in [0.15, 0.2) is 18.2 Å². The number of benzene rings is 1. The van der Waals surface area contributed by atoms with Gasteiger partial charge >= 0.3 is 0 Å². The first kappa shape index (κ1) is 13.9. The zero-order valence-electron chi connectivity index (χ0n) is 11.3. The van der Waals surface area contributed by atoms with Crippen molar-refractivity contribution in [2.45, 2.75) is 19.4 Å². The maximum absolute atomic E-state index is 9.02. The Bertz CT molecular complexity index is 448. The molecule has 0 aromatic heterocycles. The molecule has 1 aromatic rings. The number of rotatable bonds is 6. The SMILES string of the molecule is COc1ccc(CNCCC2CCOC2)cc1C#N. The number of hydrogen-bond acceptors (Lipinski definition) is 4. The quantitative estimate of drug-likeness (QED) is 0.796. The van der Waals surface area contributed by atoms with Crippen LogP contribution in [0, 0.1) is 17.2 Å². The molecule has 1 saturated heterocycles. The Morgan fingerprint density at radius 2 is 2.42 bits per heavy atom. The number of nitrogens with zero attached hydrogens (tertiary/aromatic N) is 1. The predicted molar refractivity (Wildman–Crippen MR) is 73.0 cm³/mol. The summed E-state index contributed by atoms with van der Waals surface area (Å²) in [6.45, 7) is 3.59. The molecule has 0 spiro atoms. The van der Waals surface area contributed by atoms with E-state index in [1.165, 1.54) is 6.42 Å². The van der Waals surface area contributed by atoms with Gasteiger partial charge in [0.1, 0.15) is 11.8 Å². The van der Waals surface area contributed by atoms with Gasteiger partial charge in [0.15, 0.2) is 0 Å². The Hall–Kier alpha value is -1.57. The first-order valence-electron chi connectivity index (χ1n) is 6.69. The summed E-state index contributed by atoms with van der Waals surface area (Å²) in [6.07, 6.45) is 2.34. The molecule has 0 amide bonds. The summed E-state index contributed by atoms with van der Waals surface area (Å²) in [5.74, 6) is 1.34. The van der Waals surface area contributed by atoms with E-state index in [0.29, 0.717) is 17.2 Å². The smallest absolute Gasteiger partial charge is 0.136 e. The topological polar surface area (TPSA) is 54.3 Å². The van der Waals surface area contributed by atoms with E-state index in [1.807, 2.05) is 18.2 Å². The summed E-state index contributed by atoms with van der Waals surface area (Å²) >= 11 is 0. The van der Waals surface area contributed by atoms with E-state index < -0.39 is 0 Å². The van der Waals surface area contributed by atoms with Gasteiger partial charge in [0.05, 0.1) is 12.7 Å². The fraction of sp³-hybridized carbons (Fsp3) is 0.533. The molecule has 0 saturated carbocycles. The molecule has 1 aromatic carbocycles. The number of ether oxygens (including phenoxy) is 2. The summed E-state index contributed by atoms with van der Waals surface area (Å²) in [7, 11) is 1.58. The van der Waals surface area contributed by atoms with Crippen molar-refractivity contribution in [2.75, 3.05) is 26.9 Å². The largest absolute Gasteiger partial charge is 0.495 e. The third-order valence-corrected chi connectivity index (χ3v) is 3.47. The lowest BCUT2D eigenvalue weighted by atomic mass is 10.1. The van der Waals surface area contributed by atoms with Crippen molar-refractivity contribution in [2.24, 2.45) is 5.92 Å². The van der Waals surface area contributed by atoms with Gasteiger partial charge in [-0.1, -0.05) is 6.07 Å². The van der Waals surface area contributed by atoms with Crippen LogP contribution in [0.2, 0.25) is 0 Å². The summed E-state index contributed by atoms with van der Waals surface area (Å²) in [5.41, 5.74) is 1.70. The monoisotopic (exact) mass is 260 g/mol. The van der Waals surface area contributed by atoms with Gasteiger partial charge in [-0.2, -0.15) is 5.26 Å². The number of nitrogens with one attached hydrogen (secondary N) is 1. The molecular formula is C15H20N2O2. The summed E-state index contributed by atoms with van der Waals surface area (Å²) in [6, 6.07) is 7.87. The zero-order chi connectivity index (χ0) is 13.5. The van der Waals surface area contributed by atoms with Crippen LogP contribution < -0.4 is 10.1 Å². The normalized spacial score (nSPS) is 18.2. The van der Waals surface area contributed by atoms with Gasteiger partial charge < -0.3 is 14.8 Å². The predicted octanol–water partition coefficient (Wildman–Crippen LogP) is 2.08. The number of methoxy groups -OCH3 is 1. The minimum atomic E-state index is 0.589. The molecule has 0 bridgehead atoms. The van der Waals surface area contributed by atoms with Crippen LogP contribution in [0.25, 0.3) is 0 Å². The lowest BCUT2D eigenvalue weighted by Crippen LogP contribution is -2.18. The van der Waals surface area contributed by atoms with E-state index in [2.05, 4.69) is 11.4 Å². The van der Waals surface area contributed by atoms with Crippen LogP contribution in [0.4, 0.5) is 0 Å². The molecular weight excluding hydrogens is 240 g/mol. The van der Waals surface area contributed by atoms with Crippen molar-refractivity contribution >= 4 is 0 Å². The van der Waals surface area contributed by atoms with E-state index in [1.54, 1.807) is 7.11 Å². The molecule has 102 valence electrons. The third-order valence-electron chi connectivity index (χ3n) is 3.47. The molecule has 4 heteroatoms. The molecule has 1 aliphatic heterocycles. The molecule has 1 N–H and O–H groups in total. The highest BCUT2D eigenvalue weighted by Crippen LogP contribution is 2.19. The lowest BCUT2D eigenvalue weighted by molar-refractivity contribution is 0.184. The molecule has 19 heavy (non-hydrogen) atoms. The highest BCUT2D eigenvalue weighted by atomic mass is 16.5. The lowest BCUT2D eigenvalue weighted by Gasteiger charge is -2.10. The van der Waals surface area contributed by atoms with Gasteiger partial charge in [0, 0.05) is 19.8 Å². The second kappa shape index (κ2) is 7.13. The zero-order valence-corrected chi connectivity index (χ0v) is 11.3. The first-order chi connectivity index (χ1) is 9.33. The van der Waals surface area contributed by atoms with Crippen LogP contribution in [-0.2, 0) is 11.3 Å². The van der Waals surface area contributed by atoms with Gasteiger partial charge in [-0.25, -0.2) is 0 Å². The fourth-order valence-corrected chi connectivity index (χ4v) is 2.30. The van der Waals surface area contributed by atoms with Gasteiger partial charge in [0.2, 0.25) is 0 Å². The van der Waals surface area contributed by atoms with E-state index >= 15 is 0 Å². The fourth-order valence-electron chi connectivity index (χ4n) is 2.30. The van der Waals surface area contributed by atoms with Crippen LogP contribution >= 0.6 is 0 Å². The second-order valence-corrected chi connectivity index (χ2v) is 4.84. The minimum absolute atomic E-state index is 0.589. The molecule has 2 rings (SSSR count). The average molecular weight is 260 g/mol. The van der Waals surface area contributed by atoms with Gasteiger partial charge in [-0.3, -0.25) is 0 Å². The van der Waals surface area contributed by atoms with Crippen LogP contribution in [0.1, 0.15) is 24.0 Å². The van der Waals surface area contributed by atoms with Crippen LogP contribution in [0.3, 0.4) is 0 Å². The maximum atomic E-state index is 9.02. The summed E-state index contributed by atoms with van der Waals surface area (Å²) in [4.78, 5) is 0. The number of hydrogen-bond donors (Lipinski definition) is 1. The Labute approximate surface area is 114 Å². The Morgan fingerprint density at radius 3 is 3.11 bits per heavy atom. The maximum Gasteiger partial charge on any atom is 0.136 e. The molecule has 1 unspecified atom stereocenters. The second-order valence-electron chi connectivity index (χ2n) is 4.84. The Morgan fingerprint density at radius 1 is 1.53 bits per heavy atom. The van der Waals surface area contributed by atoms with Crippen molar-refractivity contribution in [3.05, 3.63) is 29.3 Å². The van der Waals surface area contributed by atoms with E-state index in [9.17, 15) is 0 Å². The molecule has 1 atom stereocenters. The highest BCUT2D eigenvalue weighted by Gasteiger charge is 2.14. The van der Waals surface area contributed by atoms with Crippen LogP contribution in [-0.4, -0.2) is 26.9 Å². The van der Waals surface area contributed by atoms with Crippen molar-refractivity contribution in [1.29, 1.82) is 5.26 Å². The number of nitriles is 1. The molecule has 1 aliphatic rings. The Kier molecular flexibility index (Phi) is 5.20. The van der Waals surface area contributed by atoms with Crippen molar-refractivity contribution in [1.82, 2.24) is 5.32 Å². The van der Waals surface area contributed by atoms with Crippen molar-refractivity contribution < 1.29 is 9.47 Å². The highest BCUT2D eigenvalue weighted by molar-refractivity contribution is 5.45. The molecule has 1 heterocycles. The molecule has 0 radical (unpaired) electrons. The average Bonchev–Trinajstić information content (AvgIpc) is 2.96. The first-order valence-corrected chi connectivity index (χ1v) is 6.69. The van der Waals surface area contributed by atoms with E-state index in [-0.39, 0.29) is 0 Å². The van der Waals surface area contributed by atoms with Crippen LogP contribution in [0.5, 0.6) is 5.75 Å². The van der Waals surface area contributed by atoms with Crippen molar-refractivity contribution in [3.8, 4) is 11.8 Å². The Balaban J connectivity index is 1.77. The van der Waals surface area contributed by atoms with E-state index in [4.69, 9.17) is 14.7 Å².